The Hall–Kier alpha value is -2.53. The highest BCUT2D eigenvalue weighted by Crippen LogP contribution is 2.34. The molecular formula is C26H34N4O4S2. The number of ether oxygens (including phenoxy) is 1. The van der Waals surface area contributed by atoms with Gasteiger partial charge in [-0.25, -0.2) is 13.4 Å². The number of hydrogen-bond acceptors (Lipinski definition) is 7. The average Bonchev–Trinajstić information content (AvgIpc) is 3.52. The van der Waals surface area contributed by atoms with Gasteiger partial charge in [0.25, 0.3) is 0 Å². The Morgan fingerprint density at radius 2 is 1.86 bits per heavy atom. The first-order chi connectivity index (χ1) is 17.1. The molecule has 36 heavy (non-hydrogen) atoms. The molecule has 0 aliphatic carbocycles. The lowest BCUT2D eigenvalue weighted by atomic mass is 10.1. The summed E-state index contributed by atoms with van der Waals surface area (Å²) in [4.78, 5) is 22.8. The van der Waals surface area contributed by atoms with Crippen LogP contribution in [0.1, 0.15) is 30.4 Å². The zero-order valence-electron chi connectivity index (χ0n) is 21.5. The highest BCUT2D eigenvalue weighted by atomic mass is 32.2. The molecule has 0 saturated carbocycles. The smallest absolute Gasteiger partial charge is 0.247 e. The first-order valence-electron chi connectivity index (χ1n) is 12.1. The number of methoxy groups -OCH3 is 1. The number of fused-ring (bicyclic) bond motifs is 1. The second-order valence-corrected chi connectivity index (χ2v) is 12.3. The van der Waals surface area contributed by atoms with Crippen molar-refractivity contribution in [3.63, 3.8) is 0 Å². The van der Waals surface area contributed by atoms with Gasteiger partial charge in [-0.15, -0.1) is 0 Å². The number of anilines is 1. The van der Waals surface area contributed by atoms with Gasteiger partial charge in [0, 0.05) is 13.1 Å². The van der Waals surface area contributed by atoms with Crippen molar-refractivity contribution in [3.05, 3.63) is 47.5 Å². The molecule has 1 aliphatic heterocycles. The van der Waals surface area contributed by atoms with Crippen LogP contribution >= 0.6 is 11.3 Å². The standard InChI is InChI=1S/C26H34N4O4S2/c1-18-9-14-23-24(19(18)2)27-26(35-23)29(16-7-15-28(3)4)25(31)22-8-6-17-30(22)36(32,33)21-12-10-20(34-5)11-13-21/h9-14,22H,6-8,15-17H2,1-5H3. The SMILES string of the molecule is COc1ccc(S(=O)(=O)N2CCCC2C(=O)N(CCCN(C)C)c2nc3c(C)c(C)ccc3s2)cc1. The number of rotatable bonds is 9. The van der Waals surface area contributed by atoms with Gasteiger partial charge >= 0.3 is 0 Å². The highest BCUT2D eigenvalue weighted by molar-refractivity contribution is 7.89. The molecule has 8 nitrogen and oxygen atoms in total. The number of carbonyl (C=O) groups is 1. The highest BCUT2D eigenvalue weighted by Gasteiger charge is 2.42. The molecule has 0 radical (unpaired) electrons. The van der Waals surface area contributed by atoms with Crippen LogP contribution in [0.3, 0.4) is 0 Å². The lowest BCUT2D eigenvalue weighted by Crippen LogP contribution is -2.48. The maximum atomic E-state index is 14.0. The minimum absolute atomic E-state index is 0.160. The summed E-state index contributed by atoms with van der Waals surface area (Å²) in [5, 5.41) is 0.621. The van der Waals surface area contributed by atoms with Crippen LogP contribution in [0.5, 0.6) is 5.75 Å². The molecule has 194 valence electrons. The van der Waals surface area contributed by atoms with E-state index in [2.05, 4.69) is 11.0 Å². The number of thiazole rings is 1. The summed E-state index contributed by atoms with van der Waals surface area (Å²) in [6.07, 6.45) is 1.88. The minimum atomic E-state index is -3.84. The predicted octanol–water partition coefficient (Wildman–Crippen LogP) is 4.06. The fourth-order valence-electron chi connectivity index (χ4n) is 4.51. The van der Waals surface area contributed by atoms with E-state index in [1.54, 1.807) is 17.0 Å². The zero-order chi connectivity index (χ0) is 26.0. The largest absolute Gasteiger partial charge is 0.497 e. The monoisotopic (exact) mass is 530 g/mol. The molecule has 2 heterocycles. The van der Waals surface area contributed by atoms with Gasteiger partial charge in [-0.3, -0.25) is 9.69 Å². The van der Waals surface area contributed by atoms with Gasteiger partial charge in [-0.1, -0.05) is 17.4 Å². The molecule has 1 unspecified atom stereocenters. The Balaban J connectivity index is 1.67. The van der Waals surface area contributed by atoms with Crippen LogP contribution < -0.4 is 9.64 Å². The summed E-state index contributed by atoms with van der Waals surface area (Å²) < 4.78 is 34.6. The van der Waals surface area contributed by atoms with Gasteiger partial charge in [-0.2, -0.15) is 4.31 Å². The van der Waals surface area contributed by atoms with Crippen molar-refractivity contribution in [1.82, 2.24) is 14.2 Å². The lowest BCUT2D eigenvalue weighted by Gasteiger charge is -2.29. The van der Waals surface area contributed by atoms with Crippen molar-refractivity contribution in [1.29, 1.82) is 0 Å². The number of sulfonamides is 1. The number of aryl methyl sites for hydroxylation is 2. The Labute approximate surface area is 217 Å². The molecular weight excluding hydrogens is 496 g/mol. The molecule has 4 rings (SSSR count). The third-order valence-corrected chi connectivity index (χ3v) is 9.68. The van der Waals surface area contributed by atoms with Gasteiger partial charge < -0.3 is 9.64 Å². The molecule has 0 bridgehead atoms. The van der Waals surface area contributed by atoms with E-state index in [-0.39, 0.29) is 10.8 Å². The molecule has 1 aromatic heterocycles. The van der Waals surface area contributed by atoms with Crippen LogP contribution in [0.25, 0.3) is 10.2 Å². The average molecular weight is 531 g/mol. The number of carbonyl (C=O) groups excluding carboxylic acids is 1. The minimum Gasteiger partial charge on any atom is -0.497 e. The molecule has 1 saturated heterocycles. The van der Waals surface area contributed by atoms with Crippen LogP contribution in [0.2, 0.25) is 0 Å². The van der Waals surface area contributed by atoms with Crippen LogP contribution in [-0.2, 0) is 14.8 Å². The van der Waals surface area contributed by atoms with Crippen LogP contribution in [0.4, 0.5) is 5.13 Å². The number of nitrogens with zero attached hydrogens (tertiary/aromatic N) is 4. The van der Waals surface area contributed by atoms with Crippen molar-refractivity contribution in [2.75, 3.05) is 45.7 Å². The van der Waals surface area contributed by atoms with E-state index < -0.39 is 16.1 Å². The fourth-order valence-corrected chi connectivity index (χ4v) is 7.22. The van der Waals surface area contributed by atoms with Gasteiger partial charge in [0.05, 0.1) is 22.2 Å². The topological polar surface area (TPSA) is 83.0 Å². The second kappa shape index (κ2) is 10.8. The van der Waals surface area contributed by atoms with E-state index in [0.717, 1.165) is 34.3 Å². The van der Waals surface area contributed by atoms with Crippen molar-refractivity contribution < 1.29 is 17.9 Å². The number of hydrogen-bond donors (Lipinski definition) is 0. The van der Waals surface area contributed by atoms with Crippen molar-refractivity contribution in [3.8, 4) is 5.75 Å². The van der Waals surface area contributed by atoms with Gasteiger partial charge in [-0.05, 0) is 95.2 Å². The van der Waals surface area contributed by atoms with Crippen molar-refractivity contribution >= 4 is 42.6 Å². The number of amides is 1. The molecule has 1 fully saturated rings. The zero-order valence-corrected chi connectivity index (χ0v) is 23.2. The third-order valence-electron chi connectivity index (χ3n) is 6.71. The molecule has 3 aromatic rings. The van der Waals surface area contributed by atoms with E-state index in [9.17, 15) is 13.2 Å². The summed E-state index contributed by atoms with van der Waals surface area (Å²) in [7, 11) is 1.69. The maximum absolute atomic E-state index is 14.0. The van der Waals surface area contributed by atoms with Crippen LogP contribution in [0, 0.1) is 13.8 Å². The summed E-state index contributed by atoms with van der Waals surface area (Å²) in [5.74, 6) is 0.369. The number of aromatic nitrogens is 1. The van der Waals surface area contributed by atoms with E-state index in [4.69, 9.17) is 9.72 Å². The van der Waals surface area contributed by atoms with Crippen LogP contribution in [0.15, 0.2) is 41.3 Å². The maximum Gasteiger partial charge on any atom is 0.247 e. The summed E-state index contributed by atoms with van der Waals surface area (Å²) >= 11 is 1.48. The first kappa shape index (κ1) is 26.5. The first-order valence-corrected chi connectivity index (χ1v) is 14.4. The number of benzene rings is 2. The molecule has 0 N–H and O–H groups in total. The van der Waals surface area contributed by atoms with E-state index in [1.165, 1.54) is 34.9 Å². The molecule has 1 aliphatic rings. The van der Waals surface area contributed by atoms with E-state index in [0.29, 0.717) is 36.8 Å². The Morgan fingerprint density at radius 1 is 1.14 bits per heavy atom. The van der Waals surface area contributed by atoms with Crippen LogP contribution in [-0.4, -0.2) is 75.4 Å². The molecule has 1 amide bonds. The lowest BCUT2D eigenvalue weighted by molar-refractivity contribution is -0.121. The molecule has 1 atom stereocenters. The second-order valence-electron chi connectivity index (χ2n) is 9.45. The third kappa shape index (κ3) is 5.27. The van der Waals surface area contributed by atoms with Gasteiger partial charge in [0.2, 0.25) is 15.9 Å². The van der Waals surface area contributed by atoms with Gasteiger partial charge in [0.15, 0.2) is 5.13 Å². The molecule has 2 aromatic carbocycles. The summed E-state index contributed by atoms with van der Waals surface area (Å²) in [6.45, 7) is 5.69. The molecule has 0 spiro atoms. The predicted molar refractivity (Wildman–Crippen MR) is 145 cm³/mol. The van der Waals surface area contributed by atoms with Crippen molar-refractivity contribution in [2.45, 2.75) is 44.0 Å². The summed E-state index contributed by atoms with van der Waals surface area (Å²) in [6, 6.07) is 9.65. The normalized spacial score (nSPS) is 16.7. The quantitative estimate of drug-likeness (QED) is 0.415. The molecule has 10 heteroatoms. The van der Waals surface area contributed by atoms with Gasteiger partial charge in [0.1, 0.15) is 11.8 Å². The summed E-state index contributed by atoms with van der Waals surface area (Å²) in [5.41, 5.74) is 3.15. The van der Waals surface area contributed by atoms with E-state index >= 15 is 0 Å². The fraction of sp³-hybridized carbons (Fsp3) is 0.462. The Kier molecular flexibility index (Phi) is 7.99. The Bertz CT molecular complexity index is 1340. The van der Waals surface area contributed by atoms with Crippen molar-refractivity contribution in [2.24, 2.45) is 0 Å². The Morgan fingerprint density at radius 3 is 2.53 bits per heavy atom. The van der Waals surface area contributed by atoms with E-state index in [1.807, 2.05) is 34.0 Å².